The highest BCUT2D eigenvalue weighted by molar-refractivity contribution is 5.25. The molecule has 2 heteroatoms. The minimum atomic E-state index is -0.175. The van der Waals surface area contributed by atoms with Gasteiger partial charge in [-0.15, -0.1) is 0 Å². The van der Waals surface area contributed by atoms with Crippen LogP contribution in [0.3, 0.4) is 0 Å². The molecule has 2 N–H and O–H groups in total. The Morgan fingerprint density at radius 2 is 1.75 bits per heavy atom. The molecule has 3 unspecified atom stereocenters. The van der Waals surface area contributed by atoms with Crippen molar-refractivity contribution in [2.45, 2.75) is 71.1 Å². The zero-order chi connectivity index (χ0) is 14.5. The van der Waals surface area contributed by atoms with Gasteiger partial charge in [0.05, 0.1) is 6.10 Å². The molecule has 1 fully saturated rings. The van der Waals surface area contributed by atoms with E-state index in [1.165, 1.54) is 17.5 Å². The first-order valence-corrected chi connectivity index (χ1v) is 8.09. The summed E-state index contributed by atoms with van der Waals surface area (Å²) in [6, 6.07) is 9.50. The van der Waals surface area contributed by atoms with Crippen molar-refractivity contribution >= 4 is 0 Å². The van der Waals surface area contributed by atoms with Crippen LogP contribution in [-0.2, 0) is 6.42 Å². The molecule has 20 heavy (non-hydrogen) atoms. The smallest absolute Gasteiger partial charge is 0.0693 e. The van der Waals surface area contributed by atoms with E-state index >= 15 is 0 Å². The Balaban J connectivity index is 1.93. The molecule has 0 bridgehead atoms. The van der Waals surface area contributed by atoms with Crippen LogP contribution in [0.2, 0.25) is 0 Å². The average Bonchev–Trinajstić information content (AvgIpc) is 2.41. The minimum Gasteiger partial charge on any atom is -0.392 e. The molecule has 0 aromatic heterocycles. The summed E-state index contributed by atoms with van der Waals surface area (Å²) in [5.74, 6) is 0.703. The van der Waals surface area contributed by atoms with Crippen molar-refractivity contribution in [1.82, 2.24) is 5.32 Å². The van der Waals surface area contributed by atoms with E-state index in [1.54, 1.807) is 0 Å². The predicted molar refractivity (Wildman–Crippen MR) is 84.8 cm³/mol. The van der Waals surface area contributed by atoms with Gasteiger partial charge in [-0.1, -0.05) is 51.0 Å². The molecule has 0 aliphatic heterocycles. The Labute approximate surface area is 123 Å². The number of aliphatic hydroxyl groups is 1. The summed E-state index contributed by atoms with van der Waals surface area (Å²) in [6.07, 6.45) is 5.40. The third-order valence-electron chi connectivity index (χ3n) is 4.32. The molecule has 1 aliphatic carbocycles. The molecule has 0 saturated heterocycles. The summed E-state index contributed by atoms with van der Waals surface area (Å²) >= 11 is 0. The molecule has 1 aromatic rings. The van der Waals surface area contributed by atoms with Crippen LogP contribution in [0.15, 0.2) is 24.3 Å². The molecule has 0 spiro atoms. The molecular formula is C18H29NO. The first-order chi connectivity index (χ1) is 9.56. The Bertz CT molecular complexity index is 398. The van der Waals surface area contributed by atoms with Gasteiger partial charge in [0, 0.05) is 12.1 Å². The number of benzene rings is 1. The molecule has 1 aliphatic rings. The molecule has 112 valence electrons. The highest BCUT2D eigenvalue weighted by atomic mass is 16.3. The first-order valence-electron chi connectivity index (χ1n) is 8.09. The van der Waals surface area contributed by atoms with Crippen LogP contribution >= 0.6 is 0 Å². The molecule has 2 nitrogen and oxygen atoms in total. The maximum Gasteiger partial charge on any atom is 0.0693 e. The van der Waals surface area contributed by atoms with Gasteiger partial charge in [0.2, 0.25) is 0 Å². The van der Waals surface area contributed by atoms with Gasteiger partial charge in [0.25, 0.3) is 0 Å². The normalized spacial score (nSPS) is 24.9. The van der Waals surface area contributed by atoms with E-state index in [-0.39, 0.29) is 12.1 Å². The topological polar surface area (TPSA) is 32.3 Å². The zero-order valence-electron chi connectivity index (χ0n) is 13.1. The SMILES string of the molecule is CC(C)Cc1ccc(C(C)NC2CCCCC2O)cc1. The lowest BCUT2D eigenvalue weighted by Gasteiger charge is -2.31. The predicted octanol–water partition coefficient (Wildman–Crippen LogP) is 3.84. The third-order valence-corrected chi connectivity index (χ3v) is 4.32. The minimum absolute atomic E-state index is 0.175. The van der Waals surface area contributed by atoms with Gasteiger partial charge in [-0.05, 0) is 43.2 Å². The van der Waals surface area contributed by atoms with E-state index < -0.39 is 0 Å². The Kier molecular flexibility index (Phi) is 5.62. The van der Waals surface area contributed by atoms with Gasteiger partial charge >= 0.3 is 0 Å². The van der Waals surface area contributed by atoms with Crippen molar-refractivity contribution in [2.75, 3.05) is 0 Å². The summed E-state index contributed by atoms with van der Waals surface area (Å²) in [4.78, 5) is 0. The molecule has 1 saturated carbocycles. The van der Waals surface area contributed by atoms with E-state index in [4.69, 9.17) is 0 Å². The maximum absolute atomic E-state index is 10.0. The maximum atomic E-state index is 10.0. The fourth-order valence-electron chi connectivity index (χ4n) is 3.14. The largest absolute Gasteiger partial charge is 0.392 e. The molecular weight excluding hydrogens is 246 g/mol. The third kappa shape index (κ3) is 4.32. The van der Waals surface area contributed by atoms with Gasteiger partial charge in [-0.2, -0.15) is 0 Å². The van der Waals surface area contributed by atoms with Gasteiger partial charge in [0.15, 0.2) is 0 Å². The standard InChI is InChI=1S/C18H29NO/c1-13(2)12-15-8-10-16(11-9-15)14(3)19-17-6-4-5-7-18(17)20/h8-11,13-14,17-20H,4-7,12H2,1-3H3. The van der Waals surface area contributed by atoms with Crippen molar-refractivity contribution < 1.29 is 5.11 Å². The van der Waals surface area contributed by atoms with Crippen LogP contribution in [-0.4, -0.2) is 17.3 Å². The highest BCUT2D eigenvalue weighted by Crippen LogP contribution is 2.22. The lowest BCUT2D eigenvalue weighted by Crippen LogP contribution is -2.43. The molecule has 0 amide bonds. The first kappa shape index (κ1) is 15.5. The fraction of sp³-hybridized carbons (Fsp3) is 0.667. The van der Waals surface area contributed by atoms with Crippen molar-refractivity contribution in [2.24, 2.45) is 5.92 Å². The summed E-state index contributed by atoms with van der Waals surface area (Å²) in [5, 5.41) is 13.6. The number of hydrogen-bond donors (Lipinski definition) is 2. The van der Waals surface area contributed by atoms with E-state index in [1.807, 2.05) is 0 Å². The van der Waals surface area contributed by atoms with Crippen LogP contribution in [0.1, 0.15) is 63.6 Å². The van der Waals surface area contributed by atoms with Crippen molar-refractivity contribution in [3.8, 4) is 0 Å². The molecule has 1 aromatic carbocycles. The van der Waals surface area contributed by atoms with Gasteiger partial charge in [0.1, 0.15) is 0 Å². The highest BCUT2D eigenvalue weighted by Gasteiger charge is 2.24. The average molecular weight is 275 g/mol. The van der Waals surface area contributed by atoms with Gasteiger partial charge in [-0.3, -0.25) is 0 Å². The summed E-state index contributed by atoms with van der Waals surface area (Å²) in [7, 11) is 0. The number of rotatable bonds is 5. The number of hydrogen-bond acceptors (Lipinski definition) is 2. The number of nitrogens with one attached hydrogen (secondary N) is 1. The molecule has 0 heterocycles. The molecule has 3 atom stereocenters. The molecule has 0 radical (unpaired) electrons. The second-order valence-corrected chi connectivity index (χ2v) is 6.69. The Morgan fingerprint density at radius 1 is 1.10 bits per heavy atom. The van der Waals surface area contributed by atoms with E-state index in [0.717, 1.165) is 25.7 Å². The second kappa shape index (κ2) is 7.24. The van der Waals surface area contributed by atoms with Crippen LogP contribution in [0.4, 0.5) is 0 Å². The van der Waals surface area contributed by atoms with Gasteiger partial charge < -0.3 is 10.4 Å². The van der Waals surface area contributed by atoms with E-state index in [2.05, 4.69) is 50.4 Å². The number of aliphatic hydroxyl groups excluding tert-OH is 1. The summed E-state index contributed by atoms with van der Waals surface area (Å²) in [5.41, 5.74) is 2.73. The molecule has 2 rings (SSSR count). The van der Waals surface area contributed by atoms with Crippen LogP contribution in [0, 0.1) is 5.92 Å². The van der Waals surface area contributed by atoms with Crippen molar-refractivity contribution in [1.29, 1.82) is 0 Å². The van der Waals surface area contributed by atoms with E-state index in [0.29, 0.717) is 12.0 Å². The van der Waals surface area contributed by atoms with E-state index in [9.17, 15) is 5.11 Å². The lowest BCUT2D eigenvalue weighted by molar-refractivity contribution is 0.0860. The Morgan fingerprint density at radius 3 is 2.35 bits per heavy atom. The van der Waals surface area contributed by atoms with Crippen LogP contribution < -0.4 is 5.32 Å². The Hall–Kier alpha value is -0.860. The van der Waals surface area contributed by atoms with Crippen molar-refractivity contribution in [3.63, 3.8) is 0 Å². The fourth-order valence-corrected chi connectivity index (χ4v) is 3.14. The lowest BCUT2D eigenvalue weighted by atomic mass is 9.91. The zero-order valence-corrected chi connectivity index (χ0v) is 13.1. The second-order valence-electron chi connectivity index (χ2n) is 6.69. The summed E-state index contributed by atoms with van der Waals surface area (Å²) < 4.78 is 0. The monoisotopic (exact) mass is 275 g/mol. The quantitative estimate of drug-likeness (QED) is 0.855. The van der Waals surface area contributed by atoms with Crippen LogP contribution in [0.25, 0.3) is 0 Å². The van der Waals surface area contributed by atoms with Gasteiger partial charge in [-0.25, -0.2) is 0 Å². The summed E-state index contributed by atoms with van der Waals surface area (Å²) in [6.45, 7) is 6.70. The van der Waals surface area contributed by atoms with Crippen LogP contribution in [0.5, 0.6) is 0 Å². The van der Waals surface area contributed by atoms with Crippen molar-refractivity contribution in [3.05, 3.63) is 35.4 Å².